The molecule has 0 saturated heterocycles. The number of nitrogen functional groups attached to an aromatic ring is 1. The van der Waals surface area contributed by atoms with E-state index in [1.54, 1.807) is 84.0 Å². The summed E-state index contributed by atoms with van der Waals surface area (Å²) in [6.07, 6.45) is -3.84. The molecule has 0 spiro atoms. The van der Waals surface area contributed by atoms with Gasteiger partial charge >= 0.3 is 24.2 Å². The molecule has 0 aliphatic rings. The number of hydrogen-bond donors (Lipinski definition) is 8. The van der Waals surface area contributed by atoms with Gasteiger partial charge in [-0.3, -0.25) is 32.2 Å². The van der Waals surface area contributed by atoms with Crippen LogP contribution in [0.25, 0.3) is 30.3 Å². The monoisotopic (exact) mass is 1280 g/mol. The highest BCUT2D eigenvalue weighted by Gasteiger charge is 2.27. The van der Waals surface area contributed by atoms with Crippen LogP contribution in [0.3, 0.4) is 0 Å². The van der Waals surface area contributed by atoms with E-state index in [1.165, 1.54) is 41.1 Å². The average molecular weight is 1280 g/mol. The Morgan fingerprint density at radius 2 is 0.879 bits per heavy atom. The summed E-state index contributed by atoms with van der Waals surface area (Å²) in [4.78, 5) is 50.4. The third-order valence-corrected chi connectivity index (χ3v) is 16.1. The van der Waals surface area contributed by atoms with Gasteiger partial charge in [0.05, 0.1) is 28.3 Å². The highest BCUT2D eigenvalue weighted by Crippen LogP contribution is 2.38. The van der Waals surface area contributed by atoms with Crippen LogP contribution >= 0.6 is 34.0 Å². The zero-order valence-corrected chi connectivity index (χ0v) is 53.3. The number of esters is 1. The van der Waals surface area contributed by atoms with Crippen molar-refractivity contribution >= 4 is 112 Å². The lowest BCUT2D eigenvalue weighted by atomic mass is 10.1. The Morgan fingerprint density at radius 1 is 0.495 bits per heavy atom. The first-order valence-electron chi connectivity index (χ1n) is 28.5. The Balaban J connectivity index is 0.000000176. The van der Waals surface area contributed by atoms with Gasteiger partial charge in [-0.15, -0.1) is 34.0 Å². The van der Waals surface area contributed by atoms with Gasteiger partial charge in [-0.25, -0.2) is 19.2 Å². The molecule has 19 nitrogen and oxygen atoms in total. The molecule has 10 rings (SSSR count). The van der Waals surface area contributed by atoms with Crippen LogP contribution in [0.4, 0.5) is 20.1 Å². The summed E-state index contributed by atoms with van der Waals surface area (Å²) in [5.74, 6) is 1.12. The predicted molar refractivity (Wildman–Crippen MR) is 359 cm³/mol. The number of fused-ring (bicyclic) bond motifs is 3. The Hall–Kier alpha value is -10.1. The van der Waals surface area contributed by atoms with Crippen LogP contribution in [0.5, 0.6) is 17.2 Å². The lowest BCUT2D eigenvalue weighted by Gasteiger charge is -2.20. The smallest absolute Gasteiger partial charge is 0.413 e. The van der Waals surface area contributed by atoms with Crippen LogP contribution in [0, 0.1) is 16.2 Å². The van der Waals surface area contributed by atoms with Crippen molar-refractivity contribution in [1.29, 1.82) is 16.2 Å². The van der Waals surface area contributed by atoms with Crippen molar-refractivity contribution in [1.82, 2.24) is 10.6 Å². The van der Waals surface area contributed by atoms with Crippen LogP contribution < -0.4 is 35.9 Å². The molecular weight excluding hydrogens is 1210 g/mol. The molecule has 0 aliphatic heterocycles. The molecule has 9 N–H and O–H groups in total. The minimum atomic E-state index is -0.931. The van der Waals surface area contributed by atoms with Gasteiger partial charge in [0, 0.05) is 41.5 Å². The number of rotatable bonds is 17. The molecule has 0 bridgehead atoms. The van der Waals surface area contributed by atoms with E-state index in [1.807, 2.05) is 152 Å². The van der Waals surface area contributed by atoms with Crippen molar-refractivity contribution in [3.05, 3.63) is 225 Å². The van der Waals surface area contributed by atoms with E-state index in [0.29, 0.717) is 43.1 Å². The number of hydrogen-bond acceptors (Lipinski definition) is 18. The number of amidine groups is 3. The number of thiophene rings is 3. The van der Waals surface area contributed by atoms with Gasteiger partial charge in [0.2, 0.25) is 6.10 Å². The van der Waals surface area contributed by atoms with Crippen LogP contribution in [0.2, 0.25) is 0 Å². The first kappa shape index (κ1) is 66.8. The molecule has 0 fully saturated rings. The minimum Gasteiger partial charge on any atom is -0.483 e. The molecule has 0 aliphatic carbocycles. The zero-order valence-electron chi connectivity index (χ0n) is 50.9. The normalized spacial score (nSPS) is 12.0. The molecule has 3 atom stereocenters. The van der Waals surface area contributed by atoms with Crippen molar-refractivity contribution in [2.45, 2.75) is 71.1 Å². The summed E-state index contributed by atoms with van der Waals surface area (Å²) in [5.41, 5.74) is 7.44. The highest BCUT2D eigenvalue weighted by molar-refractivity contribution is 7.21. The second kappa shape index (κ2) is 30.9. The fourth-order valence-electron chi connectivity index (χ4n) is 8.72. The third kappa shape index (κ3) is 19.2. The number of aliphatic hydroxyl groups is 1. The average Bonchev–Trinajstić information content (AvgIpc) is 1.74. The van der Waals surface area contributed by atoms with Crippen LogP contribution in [-0.4, -0.2) is 78.4 Å². The van der Waals surface area contributed by atoms with E-state index in [2.05, 4.69) is 16.0 Å². The van der Waals surface area contributed by atoms with Crippen molar-refractivity contribution in [2.75, 3.05) is 25.6 Å². The number of methoxy groups -OCH3 is 1. The second-order valence-electron chi connectivity index (χ2n) is 22.0. The summed E-state index contributed by atoms with van der Waals surface area (Å²) >= 11 is 4.14. The van der Waals surface area contributed by atoms with E-state index in [0.717, 1.165) is 41.4 Å². The Morgan fingerprint density at radius 3 is 1.30 bits per heavy atom. The number of ether oxygens (including phenoxy) is 7. The molecule has 91 heavy (non-hydrogen) atoms. The highest BCUT2D eigenvalue weighted by atomic mass is 32.1. The molecule has 3 heterocycles. The maximum atomic E-state index is 12.4. The molecule has 22 heteroatoms. The second-order valence-corrected chi connectivity index (χ2v) is 25.2. The van der Waals surface area contributed by atoms with E-state index < -0.39 is 53.8 Å². The quantitative estimate of drug-likeness (QED) is 0.0182. The van der Waals surface area contributed by atoms with E-state index in [9.17, 15) is 24.3 Å². The molecule has 7 aromatic carbocycles. The number of benzene rings is 7. The maximum absolute atomic E-state index is 12.4. The number of aliphatic hydroxyl groups excluding tert-OH is 1. The lowest BCUT2D eigenvalue weighted by molar-refractivity contribution is -0.149. The molecule has 3 amide bonds. The van der Waals surface area contributed by atoms with Crippen LogP contribution in [-0.2, 0) is 23.7 Å². The van der Waals surface area contributed by atoms with Crippen LogP contribution in [0.15, 0.2) is 194 Å². The van der Waals surface area contributed by atoms with Crippen molar-refractivity contribution in [2.24, 2.45) is 5.73 Å². The topological polar surface area (TPSA) is 287 Å². The Bertz CT molecular complexity index is 4150. The van der Waals surface area contributed by atoms with Gasteiger partial charge in [-0.1, -0.05) is 127 Å². The lowest BCUT2D eigenvalue weighted by Crippen LogP contribution is -2.36. The number of anilines is 1. The van der Waals surface area contributed by atoms with Gasteiger partial charge in [0.1, 0.15) is 58.7 Å². The summed E-state index contributed by atoms with van der Waals surface area (Å²) in [5, 5.41) is 43.9. The summed E-state index contributed by atoms with van der Waals surface area (Å²) < 4.78 is 42.0. The number of nitrogens with one attached hydrogen (secondary N) is 6. The van der Waals surface area contributed by atoms with E-state index in [4.69, 9.17) is 55.1 Å². The van der Waals surface area contributed by atoms with Gasteiger partial charge < -0.3 is 44.0 Å². The van der Waals surface area contributed by atoms with Crippen molar-refractivity contribution in [3.8, 4) is 17.2 Å². The van der Waals surface area contributed by atoms with Gasteiger partial charge in [-0.05, 0) is 119 Å². The molecule has 3 aromatic heterocycles. The minimum absolute atomic E-state index is 0.0210. The zero-order chi connectivity index (χ0) is 65.2. The number of carbonyl (C=O) groups excluding carboxylic acids is 4. The number of nitrogens with two attached hydrogens (primary N) is 1. The Kier molecular flexibility index (Phi) is 22.7. The van der Waals surface area contributed by atoms with Gasteiger partial charge in [0.15, 0.2) is 6.10 Å². The van der Waals surface area contributed by atoms with Crippen LogP contribution in [0.1, 0.15) is 91.2 Å². The first-order chi connectivity index (χ1) is 43.5. The van der Waals surface area contributed by atoms with Crippen molar-refractivity contribution < 1.29 is 57.4 Å². The van der Waals surface area contributed by atoms with Gasteiger partial charge in [0.25, 0.3) is 0 Å². The predicted octanol–water partition coefficient (Wildman–Crippen LogP) is 15.5. The fourth-order valence-corrected chi connectivity index (χ4v) is 11.6. The number of alkyl carbamates (subject to hydrolysis) is 2. The van der Waals surface area contributed by atoms with Crippen molar-refractivity contribution in [3.63, 3.8) is 0 Å². The molecule has 3 unspecified atom stereocenters. The summed E-state index contributed by atoms with van der Waals surface area (Å²) in [6, 6.07) is 59.5. The van der Waals surface area contributed by atoms with Gasteiger partial charge in [-0.2, -0.15) is 0 Å². The fraction of sp³-hybridized carbons (Fsp3) is 0.203. The molecule has 0 radical (unpaired) electrons. The SMILES string of the molecule is CC(C)(C)OC(=O)NC(=N)c1cc2c(OC(CO)c3ccccc3)cccc2s1.COC(=O)C(Oc1cccc2sc(C(=N)NC(=O)OC(C)(C)C)cc12)c1ccccc1.N=C(N)c1cc2c(OC(COC(=O)Nc3ccccc3)c3ccccc3)cccc2s1. The maximum Gasteiger partial charge on any atom is 0.413 e. The summed E-state index contributed by atoms with van der Waals surface area (Å²) in [6.45, 7) is 10.4. The standard InChI is InChI=1S/C24H21N3O3S.C23H24N2O5S.C22H24N2O4S/c25-23(26)22-14-18-19(12-7-13-21(18)31-22)30-20(16-8-3-1-4-9-16)15-29-24(28)27-17-10-5-2-6-11-17;1-23(2,3)30-22(27)25-20(24)18-13-15-16(11-8-12-17(15)31-18)29-19(21(26)28-4)14-9-6-5-7-10-14;1-22(2,3)28-21(26)24-20(23)19-12-15-16(10-7-11-18(15)29-19)27-17(13-25)14-8-5-4-6-9-14/h1-14,20H,15H2,(H3,25,26)(H,27,28);5-13,19H,1-4H3,(H2,24,25,27);4-12,17,25H,13H2,1-3H3,(H2,23,24,26). The van der Waals surface area contributed by atoms with E-state index >= 15 is 0 Å². The Labute approximate surface area is 538 Å². The number of amides is 3. The summed E-state index contributed by atoms with van der Waals surface area (Å²) in [7, 11) is 1.31. The molecule has 0 saturated carbocycles. The largest absolute Gasteiger partial charge is 0.483 e. The third-order valence-electron chi connectivity index (χ3n) is 12.8. The molecule has 10 aromatic rings. The molecule has 470 valence electrons. The number of carbonyl (C=O) groups is 4. The van der Waals surface area contributed by atoms with E-state index in [-0.39, 0.29) is 30.7 Å². The number of para-hydroxylation sites is 1. The molecular formula is C69H69N7O12S3. The first-order valence-corrected chi connectivity index (χ1v) is 30.9.